The third-order valence-electron chi connectivity index (χ3n) is 7.65. The molecule has 4 aromatic carbocycles. The van der Waals surface area contributed by atoms with Gasteiger partial charge in [0, 0.05) is 32.2 Å². The van der Waals surface area contributed by atoms with E-state index >= 15 is 0 Å². The number of hydrogen-bond acceptors (Lipinski definition) is 5. The van der Waals surface area contributed by atoms with Crippen molar-refractivity contribution in [2.45, 2.75) is 75.0 Å². The van der Waals surface area contributed by atoms with Crippen LogP contribution in [0.5, 0.6) is 5.75 Å². The first kappa shape index (κ1) is 29.7. The Morgan fingerprint density at radius 1 is 0.667 bits per heavy atom. The highest BCUT2D eigenvalue weighted by Crippen LogP contribution is 2.40. The Bertz CT molecular complexity index is 1530. The molecule has 0 aromatic heterocycles. The van der Waals surface area contributed by atoms with Gasteiger partial charge in [-0.15, -0.1) is 0 Å². The number of ketones is 2. The molecule has 0 saturated heterocycles. The van der Waals surface area contributed by atoms with Crippen molar-refractivity contribution in [3.63, 3.8) is 0 Å². The summed E-state index contributed by atoms with van der Waals surface area (Å²) < 4.78 is 5.79. The number of carbonyl (C=O) groups excluding carboxylic acids is 2. The highest BCUT2D eigenvalue weighted by atomic mass is 32.2. The molecule has 5 rings (SSSR count). The average Bonchev–Trinajstić information content (AvgIpc) is 3.01. The van der Waals surface area contributed by atoms with Crippen LogP contribution in [0.3, 0.4) is 0 Å². The number of hydrogen-bond donors (Lipinski definition) is 1. The van der Waals surface area contributed by atoms with Crippen molar-refractivity contribution < 1.29 is 14.3 Å². The summed E-state index contributed by atoms with van der Waals surface area (Å²) in [6.45, 7) is 5.08. The normalized spacial score (nSPS) is 12.1. The number of nitrogens with one attached hydrogen (secondary N) is 1. The van der Waals surface area contributed by atoms with E-state index in [1.54, 1.807) is 12.1 Å². The van der Waals surface area contributed by atoms with Gasteiger partial charge in [-0.2, -0.15) is 0 Å². The Labute approximate surface area is 253 Å². The summed E-state index contributed by atoms with van der Waals surface area (Å²) in [5.74, 6) is 0.581. The number of rotatable bonds is 14. The Balaban J connectivity index is 1.32. The predicted octanol–water partition coefficient (Wildman–Crippen LogP) is 10.0. The van der Waals surface area contributed by atoms with Crippen LogP contribution < -0.4 is 10.1 Å². The fourth-order valence-electron chi connectivity index (χ4n) is 5.31. The van der Waals surface area contributed by atoms with Gasteiger partial charge < -0.3 is 10.1 Å². The third-order valence-corrected chi connectivity index (χ3v) is 8.72. The van der Waals surface area contributed by atoms with Crippen molar-refractivity contribution in [1.29, 1.82) is 0 Å². The van der Waals surface area contributed by atoms with Crippen LogP contribution >= 0.6 is 11.8 Å². The Kier molecular flexibility index (Phi) is 10.1. The molecule has 0 amide bonds. The molecule has 1 aliphatic rings. The van der Waals surface area contributed by atoms with Crippen LogP contribution in [-0.4, -0.2) is 18.2 Å². The van der Waals surface area contributed by atoms with Gasteiger partial charge in [0.2, 0.25) is 0 Å². The van der Waals surface area contributed by atoms with Crippen LogP contribution in [-0.2, 0) is 6.42 Å². The third kappa shape index (κ3) is 6.96. The maximum atomic E-state index is 13.9. The monoisotopic (exact) mass is 577 g/mol. The molecular formula is C37H39NO3S. The van der Waals surface area contributed by atoms with Crippen LogP contribution in [0.4, 0.5) is 11.4 Å². The fourth-order valence-corrected chi connectivity index (χ4v) is 6.28. The minimum Gasteiger partial charge on any atom is -0.494 e. The van der Waals surface area contributed by atoms with Crippen molar-refractivity contribution in [3.05, 3.63) is 113 Å². The smallest absolute Gasteiger partial charge is 0.196 e. The first-order chi connectivity index (χ1) is 20.6. The Morgan fingerprint density at radius 2 is 1.33 bits per heavy atom. The zero-order chi connectivity index (χ0) is 29.3. The lowest BCUT2D eigenvalue weighted by Gasteiger charge is -2.22. The number of anilines is 2. The zero-order valence-corrected chi connectivity index (χ0v) is 25.4. The van der Waals surface area contributed by atoms with E-state index in [0.29, 0.717) is 34.5 Å². The van der Waals surface area contributed by atoms with Gasteiger partial charge in [-0.05, 0) is 73.4 Å². The largest absolute Gasteiger partial charge is 0.494 e. The number of fused-ring (bicyclic) bond motifs is 2. The van der Waals surface area contributed by atoms with Crippen molar-refractivity contribution in [3.8, 4) is 5.75 Å². The Morgan fingerprint density at radius 3 is 2.07 bits per heavy atom. The summed E-state index contributed by atoms with van der Waals surface area (Å²) in [4.78, 5) is 29.5. The molecule has 0 heterocycles. The second-order valence-corrected chi connectivity index (χ2v) is 11.9. The number of unbranched alkanes of at least 4 members (excludes halogenated alkanes) is 5. The molecule has 0 unspecified atom stereocenters. The summed E-state index contributed by atoms with van der Waals surface area (Å²) in [7, 11) is 0. The van der Waals surface area contributed by atoms with E-state index in [1.165, 1.54) is 49.4 Å². The van der Waals surface area contributed by atoms with Crippen LogP contribution in [0.15, 0.2) is 94.7 Å². The molecule has 0 spiro atoms. The van der Waals surface area contributed by atoms with E-state index in [4.69, 9.17) is 4.74 Å². The van der Waals surface area contributed by atoms with E-state index in [-0.39, 0.29) is 11.6 Å². The molecule has 1 N–H and O–H groups in total. The van der Waals surface area contributed by atoms with Gasteiger partial charge in [-0.1, -0.05) is 94.1 Å². The molecule has 0 atom stereocenters. The van der Waals surface area contributed by atoms with Gasteiger partial charge in [0.1, 0.15) is 5.75 Å². The molecule has 0 radical (unpaired) electrons. The van der Waals surface area contributed by atoms with Crippen molar-refractivity contribution in [1.82, 2.24) is 0 Å². The molecule has 5 heteroatoms. The van der Waals surface area contributed by atoms with Gasteiger partial charge in [-0.3, -0.25) is 9.59 Å². The van der Waals surface area contributed by atoms with Gasteiger partial charge >= 0.3 is 0 Å². The summed E-state index contributed by atoms with van der Waals surface area (Å²) in [5, 5.41) is 3.41. The van der Waals surface area contributed by atoms with Gasteiger partial charge in [-0.25, -0.2) is 0 Å². The summed E-state index contributed by atoms with van der Waals surface area (Å²) in [6.07, 6.45) is 9.52. The lowest BCUT2D eigenvalue weighted by Crippen LogP contribution is -2.23. The molecule has 1 aliphatic carbocycles. The molecular weight excluding hydrogens is 538 g/mol. The molecule has 0 aliphatic heterocycles. The number of benzene rings is 4. The topological polar surface area (TPSA) is 55.4 Å². The number of aryl methyl sites for hydroxylation is 1. The van der Waals surface area contributed by atoms with E-state index in [2.05, 4.69) is 43.4 Å². The predicted molar refractivity (Wildman–Crippen MR) is 173 cm³/mol. The second kappa shape index (κ2) is 14.4. The summed E-state index contributed by atoms with van der Waals surface area (Å²) in [6, 6.07) is 27.3. The van der Waals surface area contributed by atoms with Gasteiger partial charge in [0.05, 0.1) is 17.9 Å². The molecule has 0 saturated carbocycles. The molecule has 0 fully saturated rings. The standard InChI is InChI=1S/C37H39NO3S/c1-3-5-7-8-9-12-26-17-19-27(20-18-26)38-32-15-10-13-30-34(32)36(39)31-14-11-16-33(35(31)37(30)40)42-29-23-21-28(22-24-29)41-25-6-4-2/h10-11,13-24,38H,3-9,12,25H2,1-2H3. The minimum absolute atomic E-state index is 0.121. The van der Waals surface area contributed by atoms with Crippen LogP contribution in [0.2, 0.25) is 0 Å². The van der Waals surface area contributed by atoms with E-state index < -0.39 is 0 Å². The van der Waals surface area contributed by atoms with E-state index in [9.17, 15) is 9.59 Å². The first-order valence-electron chi connectivity index (χ1n) is 15.2. The van der Waals surface area contributed by atoms with Gasteiger partial charge in [0.25, 0.3) is 0 Å². The molecule has 42 heavy (non-hydrogen) atoms. The number of carbonyl (C=O) groups is 2. The van der Waals surface area contributed by atoms with Crippen LogP contribution in [0, 0.1) is 0 Å². The molecule has 4 aromatic rings. The van der Waals surface area contributed by atoms with Gasteiger partial charge in [0.15, 0.2) is 11.6 Å². The minimum atomic E-state index is -0.131. The average molecular weight is 578 g/mol. The van der Waals surface area contributed by atoms with E-state index in [1.807, 2.05) is 48.5 Å². The highest BCUT2D eigenvalue weighted by Gasteiger charge is 2.33. The maximum Gasteiger partial charge on any atom is 0.196 e. The lowest BCUT2D eigenvalue weighted by atomic mass is 9.83. The molecule has 4 nitrogen and oxygen atoms in total. The van der Waals surface area contributed by atoms with Crippen molar-refractivity contribution >= 4 is 34.7 Å². The van der Waals surface area contributed by atoms with Crippen molar-refractivity contribution in [2.75, 3.05) is 11.9 Å². The van der Waals surface area contributed by atoms with Crippen LogP contribution in [0.1, 0.15) is 96.2 Å². The second-order valence-electron chi connectivity index (χ2n) is 10.8. The maximum absolute atomic E-state index is 13.9. The SMILES string of the molecule is CCCCCCCc1ccc(Nc2cccc3c2C(=O)c2cccc(Sc4ccc(OCCCC)cc4)c2C3=O)cc1. The first-order valence-corrected chi connectivity index (χ1v) is 16.0. The fraction of sp³-hybridized carbons (Fsp3) is 0.297. The molecule has 216 valence electrons. The Hall–Kier alpha value is -3.83. The summed E-state index contributed by atoms with van der Waals surface area (Å²) in [5.41, 5.74) is 4.67. The van der Waals surface area contributed by atoms with E-state index in [0.717, 1.165) is 40.5 Å². The summed E-state index contributed by atoms with van der Waals surface area (Å²) >= 11 is 1.49. The quantitative estimate of drug-likeness (QED) is 0.133. The lowest BCUT2D eigenvalue weighted by molar-refractivity contribution is 0.0977. The zero-order valence-electron chi connectivity index (χ0n) is 24.6. The van der Waals surface area contributed by atoms with Crippen molar-refractivity contribution in [2.24, 2.45) is 0 Å². The highest BCUT2D eigenvalue weighted by molar-refractivity contribution is 7.99. The molecule has 0 bridgehead atoms. The number of ether oxygens (including phenoxy) is 1. The van der Waals surface area contributed by atoms with Crippen LogP contribution in [0.25, 0.3) is 0 Å².